The maximum absolute atomic E-state index is 11.6. The van der Waals surface area contributed by atoms with Crippen LogP contribution in [-0.4, -0.2) is 23.1 Å². The third kappa shape index (κ3) is 2.17. The number of anilines is 1. The van der Waals surface area contributed by atoms with E-state index in [1.807, 2.05) is 0 Å². The number of piperidine rings is 1. The fourth-order valence-electron chi connectivity index (χ4n) is 3.41. The fraction of sp³-hybridized carbons (Fsp3) is 0.692. The Morgan fingerprint density at radius 3 is 2.56 bits per heavy atom. The molecule has 5 heteroatoms. The Hall–Kier alpha value is -0.590. The molecule has 1 aliphatic carbocycles. The predicted octanol–water partition coefficient (Wildman–Crippen LogP) is 2.54. The van der Waals surface area contributed by atoms with Crippen molar-refractivity contribution in [1.82, 2.24) is 9.97 Å². The highest BCUT2D eigenvalue weighted by molar-refractivity contribution is 14.1. The highest BCUT2D eigenvalue weighted by Crippen LogP contribution is 2.46. The molecule has 0 amide bonds. The lowest BCUT2D eigenvalue weighted by Crippen LogP contribution is -2.40. The van der Waals surface area contributed by atoms with Gasteiger partial charge in [-0.1, -0.05) is 12.8 Å². The summed E-state index contributed by atoms with van der Waals surface area (Å²) in [4.78, 5) is 20.8. The quantitative estimate of drug-likeness (QED) is 0.784. The molecule has 1 aromatic rings. The smallest absolute Gasteiger partial charge is 0.266 e. The Morgan fingerprint density at radius 1 is 1.22 bits per heavy atom. The second-order valence-corrected chi connectivity index (χ2v) is 6.64. The lowest BCUT2D eigenvalue weighted by atomic mass is 9.77. The van der Waals surface area contributed by atoms with Gasteiger partial charge < -0.3 is 9.88 Å². The van der Waals surface area contributed by atoms with Crippen LogP contribution in [0.3, 0.4) is 0 Å². The van der Waals surface area contributed by atoms with Gasteiger partial charge in [0.2, 0.25) is 0 Å². The Labute approximate surface area is 120 Å². The molecule has 2 heterocycles. The number of hydrogen-bond acceptors (Lipinski definition) is 3. The van der Waals surface area contributed by atoms with Gasteiger partial charge in [0, 0.05) is 13.1 Å². The minimum atomic E-state index is -0.0262. The standard InChI is InChI=1S/C13H18IN3O/c14-10-11(15-9-16-12(10)18)17-7-5-13(6-8-17)3-1-2-4-13/h9H,1-8H2,(H,15,16,18). The summed E-state index contributed by atoms with van der Waals surface area (Å²) in [6, 6.07) is 0. The number of hydrogen-bond donors (Lipinski definition) is 1. The van der Waals surface area contributed by atoms with Crippen LogP contribution in [0.4, 0.5) is 5.82 Å². The summed E-state index contributed by atoms with van der Waals surface area (Å²) >= 11 is 2.10. The van der Waals surface area contributed by atoms with Crippen molar-refractivity contribution in [3.05, 3.63) is 20.3 Å². The number of aromatic nitrogens is 2. The molecule has 1 aliphatic heterocycles. The van der Waals surface area contributed by atoms with Crippen LogP contribution in [0.1, 0.15) is 38.5 Å². The summed E-state index contributed by atoms with van der Waals surface area (Å²) in [5.74, 6) is 0.868. The van der Waals surface area contributed by atoms with E-state index in [2.05, 4.69) is 37.5 Å². The van der Waals surface area contributed by atoms with Gasteiger partial charge in [0.05, 0.1) is 6.33 Å². The minimum Gasteiger partial charge on any atom is -0.355 e. The lowest BCUT2D eigenvalue weighted by Gasteiger charge is -2.40. The van der Waals surface area contributed by atoms with Crippen molar-refractivity contribution >= 4 is 28.4 Å². The van der Waals surface area contributed by atoms with Crippen molar-refractivity contribution in [2.45, 2.75) is 38.5 Å². The molecule has 0 radical (unpaired) electrons. The highest BCUT2D eigenvalue weighted by Gasteiger charge is 2.37. The zero-order valence-corrected chi connectivity index (χ0v) is 12.6. The van der Waals surface area contributed by atoms with Gasteiger partial charge in [-0.15, -0.1) is 0 Å². The summed E-state index contributed by atoms with van der Waals surface area (Å²) in [6.07, 6.45) is 9.65. The van der Waals surface area contributed by atoms with Gasteiger partial charge in [-0.05, 0) is 53.7 Å². The molecule has 0 unspecified atom stereocenters. The van der Waals surface area contributed by atoms with Crippen LogP contribution in [0.5, 0.6) is 0 Å². The maximum atomic E-state index is 11.6. The van der Waals surface area contributed by atoms with Crippen LogP contribution in [0.25, 0.3) is 0 Å². The van der Waals surface area contributed by atoms with Gasteiger partial charge in [0.1, 0.15) is 9.39 Å². The van der Waals surface area contributed by atoms with Crippen molar-refractivity contribution in [2.75, 3.05) is 18.0 Å². The lowest BCUT2D eigenvalue weighted by molar-refractivity contribution is 0.226. The summed E-state index contributed by atoms with van der Waals surface area (Å²) in [7, 11) is 0. The average Bonchev–Trinajstić information content (AvgIpc) is 2.83. The van der Waals surface area contributed by atoms with E-state index >= 15 is 0 Å². The van der Waals surface area contributed by atoms with Gasteiger partial charge in [-0.2, -0.15) is 0 Å². The third-order valence-corrected chi connectivity index (χ3v) is 5.54. The Morgan fingerprint density at radius 2 is 1.89 bits per heavy atom. The molecule has 1 saturated carbocycles. The molecule has 1 saturated heterocycles. The predicted molar refractivity (Wildman–Crippen MR) is 79.9 cm³/mol. The number of nitrogens with zero attached hydrogens (tertiary/aromatic N) is 2. The summed E-state index contributed by atoms with van der Waals surface area (Å²) in [5, 5.41) is 0. The molecular weight excluding hydrogens is 341 g/mol. The van der Waals surface area contributed by atoms with Crippen molar-refractivity contribution in [3.8, 4) is 0 Å². The number of rotatable bonds is 1. The van der Waals surface area contributed by atoms with E-state index in [-0.39, 0.29) is 5.56 Å². The van der Waals surface area contributed by atoms with E-state index in [9.17, 15) is 4.79 Å². The zero-order valence-electron chi connectivity index (χ0n) is 10.4. The first-order valence-corrected chi connectivity index (χ1v) is 7.76. The first-order valence-electron chi connectivity index (χ1n) is 6.68. The molecule has 0 aromatic carbocycles. The monoisotopic (exact) mass is 359 g/mol. The Balaban J connectivity index is 1.76. The Bertz CT molecular complexity index is 483. The van der Waals surface area contributed by atoms with Crippen LogP contribution in [0.2, 0.25) is 0 Å². The molecule has 4 nitrogen and oxygen atoms in total. The second-order valence-electron chi connectivity index (χ2n) is 5.56. The van der Waals surface area contributed by atoms with E-state index in [1.165, 1.54) is 44.9 Å². The average molecular weight is 359 g/mol. The molecule has 1 spiro atoms. The normalized spacial score (nSPS) is 22.6. The van der Waals surface area contributed by atoms with Gasteiger partial charge in [0.15, 0.2) is 0 Å². The van der Waals surface area contributed by atoms with Crippen molar-refractivity contribution in [1.29, 1.82) is 0 Å². The summed E-state index contributed by atoms with van der Waals surface area (Å²) in [5.41, 5.74) is 0.588. The SMILES string of the molecule is O=c1[nH]cnc(N2CCC3(CCCC3)CC2)c1I. The van der Waals surface area contributed by atoms with Gasteiger partial charge in [0.25, 0.3) is 5.56 Å². The molecule has 0 bridgehead atoms. The molecule has 1 aromatic heterocycles. The second kappa shape index (κ2) is 4.83. The minimum absolute atomic E-state index is 0.0262. The van der Waals surface area contributed by atoms with Crippen LogP contribution in [0.15, 0.2) is 11.1 Å². The van der Waals surface area contributed by atoms with Gasteiger partial charge in [-0.25, -0.2) is 4.98 Å². The molecule has 2 aliphatic rings. The molecule has 3 rings (SSSR count). The van der Waals surface area contributed by atoms with Gasteiger partial charge >= 0.3 is 0 Å². The fourth-order valence-corrected chi connectivity index (χ4v) is 4.05. The van der Waals surface area contributed by atoms with E-state index in [0.29, 0.717) is 5.41 Å². The first kappa shape index (κ1) is 12.4. The topological polar surface area (TPSA) is 49.0 Å². The molecule has 2 fully saturated rings. The number of aromatic amines is 1. The number of H-pyrrole nitrogens is 1. The number of nitrogens with one attached hydrogen (secondary N) is 1. The molecule has 0 atom stereocenters. The van der Waals surface area contributed by atoms with Crippen LogP contribution in [0, 0.1) is 8.99 Å². The van der Waals surface area contributed by atoms with E-state index in [4.69, 9.17) is 0 Å². The molecular formula is C13H18IN3O. The maximum Gasteiger partial charge on any atom is 0.266 e. The molecule has 18 heavy (non-hydrogen) atoms. The van der Waals surface area contributed by atoms with Crippen LogP contribution < -0.4 is 10.5 Å². The van der Waals surface area contributed by atoms with Crippen molar-refractivity contribution in [2.24, 2.45) is 5.41 Å². The first-order chi connectivity index (χ1) is 8.70. The van der Waals surface area contributed by atoms with E-state index in [0.717, 1.165) is 22.5 Å². The van der Waals surface area contributed by atoms with E-state index in [1.54, 1.807) is 0 Å². The largest absolute Gasteiger partial charge is 0.355 e. The Kier molecular flexibility index (Phi) is 3.34. The number of halogens is 1. The zero-order chi connectivity index (χ0) is 12.6. The highest BCUT2D eigenvalue weighted by atomic mass is 127. The van der Waals surface area contributed by atoms with E-state index < -0.39 is 0 Å². The van der Waals surface area contributed by atoms with Crippen molar-refractivity contribution < 1.29 is 0 Å². The summed E-state index contributed by atoms with van der Waals surface area (Å²) < 4.78 is 0.720. The van der Waals surface area contributed by atoms with Gasteiger partial charge in [-0.3, -0.25) is 4.79 Å². The summed E-state index contributed by atoms with van der Waals surface area (Å²) in [6.45, 7) is 2.10. The molecule has 98 valence electrons. The van der Waals surface area contributed by atoms with Crippen molar-refractivity contribution in [3.63, 3.8) is 0 Å². The van der Waals surface area contributed by atoms with Crippen LogP contribution in [-0.2, 0) is 0 Å². The molecule has 1 N–H and O–H groups in total. The van der Waals surface area contributed by atoms with Crippen LogP contribution >= 0.6 is 22.6 Å². The third-order valence-electron chi connectivity index (χ3n) is 4.57.